The van der Waals surface area contributed by atoms with E-state index in [1.54, 1.807) is 6.92 Å². The number of nitrogens with zero attached hydrogens (tertiary/aromatic N) is 4. The molecule has 4 aromatic rings. The SMILES string of the molecule is Cc1ccc(-c2nc(Cn3cnc4onc(C)c4c3=O)c(C)o2)cc1. The molecule has 0 unspecified atom stereocenters. The third-order valence-electron chi connectivity index (χ3n) is 4.15. The van der Waals surface area contributed by atoms with Gasteiger partial charge in [-0.2, -0.15) is 0 Å². The van der Waals surface area contributed by atoms with E-state index in [1.165, 1.54) is 16.5 Å². The summed E-state index contributed by atoms with van der Waals surface area (Å²) in [6, 6.07) is 7.94. The van der Waals surface area contributed by atoms with Gasteiger partial charge in [-0.15, -0.1) is 0 Å². The highest BCUT2D eigenvalue weighted by Gasteiger charge is 2.16. The Morgan fingerprint density at radius 2 is 1.88 bits per heavy atom. The second-order valence-electron chi connectivity index (χ2n) is 6.01. The van der Waals surface area contributed by atoms with Crippen molar-refractivity contribution < 1.29 is 8.94 Å². The van der Waals surface area contributed by atoms with Crippen molar-refractivity contribution in [1.29, 1.82) is 0 Å². The van der Waals surface area contributed by atoms with Crippen LogP contribution in [0.1, 0.15) is 22.7 Å². The normalized spacial score (nSPS) is 11.3. The van der Waals surface area contributed by atoms with Gasteiger partial charge >= 0.3 is 0 Å². The van der Waals surface area contributed by atoms with E-state index in [2.05, 4.69) is 15.1 Å². The van der Waals surface area contributed by atoms with Gasteiger partial charge < -0.3 is 8.94 Å². The largest absolute Gasteiger partial charge is 0.441 e. The van der Waals surface area contributed by atoms with E-state index in [0.29, 0.717) is 28.4 Å². The van der Waals surface area contributed by atoms with E-state index >= 15 is 0 Å². The molecule has 0 bridgehead atoms. The topological polar surface area (TPSA) is 87.0 Å². The molecule has 1 aromatic carbocycles. The first-order valence-electron chi connectivity index (χ1n) is 7.87. The highest BCUT2D eigenvalue weighted by molar-refractivity contribution is 5.73. The maximum absolute atomic E-state index is 12.6. The molecule has 7 heteroatoms. The van der Waals surface area contributed by atoms with Crippen molar-refractivity contribution in [2.75, 3.05) is 0 Å². The molecule has 0 aliphatic heterocycles. The third kappa shape index (κ3) is 2.63. The van der Waals surface area contributed by atoms with Crippen molar-refractivity contribution in [3.8, 4) is 11.5 Å². The van der Waals surface area contributed by atoms with Gasteiger partial charge in [0.05, 0.1) is 12.2 Å². The number of hydrogen-bond donors (Lipinski definition) is 0. The number of oxazole rings is 1. The number of rotatable bonds is 3. The Kier molecular flexibility index (Phi) is 3.49. The number of benzene rings is 1. The molecule has 3 aromatic heterocycles. The van der Waals surface area contributed by atoms with Crippen molar-refractivity contribution in [3.63, 3.8) is 0 Å². The van der Waals surface area contributed by atoms with Crippen LogP contribution in [-0.2, 0) is 6.54 Å². The highest BCUT2D eigenvalue weighted by Crippen LogP contribution is 2.22. The fourth-order valence-electron chi connectivity index (χ4n) is 2.68. The Labute approximate surface area is 142 Å². The number of aryl methyl sites for hydroxylation is 3. The summed E-state index contributed by atoms with van der Waals surface area (Å²) in [5, 5.41) is 4.18. The van der Waals surface area contributed by atoms with Gasteiger partial charge in [-0.05, 0) is 32.9 Å². The summed E-state index contributed by atoms with van der Waals surface area (Å²) in [6.07, 6.45) is 1.44. The predicted octanol–water partition coefficient (Wildman–Crippen LogP) is 3.01. The fourth-order valence-corrected chi connectivity index (χ4v) is 2.68. The predicted molar refractivity (Wildman–Crippen MR) is 91.3 cm³/mol. The van der Waals surface area contributed by atoms with E-state index in [1.807, 2.05) is 38.1 Å². The summed E-state index contributed by atoms with van der Waals surface area (Å²) in [5.74, 6) is 1.21. The molecule has 0 spiro atoms. The smallest absolute Gasteiger partial charge is 0.266 e. The Morgan fingerprint density at radius 3 is 2.64 bits per heavy atom. The minimum Gasteiger partial charge on any atom is -0.441 e. The van der Waals surface area contributed by atoms with Crippen molar-refractivity contribution in [2.24, 2.45) is 0 Å². The standard InChI is InChI=1S/C18H16N4O3/c1-10-4-6-13(7-5-10)16-20-14(12(3)24-16)8-22-9-19-17-15(18(22)23)11(2)21-25-17/h4-7,9H,8H2,1-3H3. The van der Waals surface area contributed by atoms with Gasteiger partial charge in [0.1, 0.15) is 23.2 Å². The van der Waals surface area contributed by atoms with E-state index in [4.69, 9.17) is 8.94 Å². The monoisotopic (exact) mass is 336 g/mol. The number of hydrogen-bond acceptors (Lipinski definition) is 6. The van der Waals surface area contributed by atoms with E-state index in [0.717, 1.165) is 5.56 Å². The molecule has 25 heavy (non-hydrogen) atoms. The summed E-state index contributed by atoms with van der Waals surface area (Å²) >= 11 is 0. The van der Waals surface area contributed by atoms with Crippen LogP contribution in [0.5, 0.6) is 0 Å². The fraction of sp³-hybridized carbons (Fsp3) is 0.222. The van der Waals surface area contributed by atoms with Crippen LogP contribution >= 0.6 is 0 Å². The molecule has 0 fully saturated rings. The lowest BCUT2D eigenvalue weighted by Gasteiger charge is -2.02. The zero-order valence-corrected chi connectivity index (χ0v) is 14.1. The summed E-state index contributed by atoms with van der Waals surface area (Å²) in [6.45, 7) is 5.85. The van der Waals surface area contributed by atoms with Gasteiger partial charge in [0.2, 0.25) is 5.89 Å². The lowest BCUT2D eigenvalue weighted by Crippen LogP contribution is -2.21. The van der Waals surface area contributed by atoms with E-state index in [-0.39, 0.29) is 17.8 Å². The summed E-state index contributed by atoms with van der Waals surface area (Å²) in [5.41, 5.74) is 3.32. The van der Waals surface area contributed by atoms with Crippen LogP contribution in [-0.4, -0.2) is 19.7 Å². The van der Waals surface area contributed by atoms with Crippen LogP contribution in [0, 0.1) is 20.8 Å². The molecular formula is C18H16N4O3. The second kappa shape index (κ2) is 5.70. The maximum Gasteiger partial charge on any atom is 0.266 e. The van der Waals surface area contributed by atoms with Crippen LogP contribution in [0.25, 0.3) is 22.6 Å². The quantitative estimate of drug-likeness (QED) is 0.571. The second-order valence-corrected chi connectivity index (χ2v) is 6.01. The molecule has 0 aliphatic carbocycles. The minimum absolute atomic E-state index is 0.206. The van der Waals surface area contributed by atoms with Crippen molar-refractivity contribution >= 4 is 11.1 Å². The Morgan fingerprint density at radius 1 is 1.12 bits per heavy atom. The van der Waals surface area contributed by atoms with Gasteiger partial charge in [-0.1, -0.05) is 22.9 Å². The van der Waals surface area contributed by atoms with Crippen LogP contribution in [0.3, 0.4) is 0 Å². The van der Waals surface area contributed by atoms with Crippen LogP contribution in [0.15, 0.2) is 44.3 Å². The molecule has 0 amide bonds. The van der Waals surface area contributed by atoms with Gasteiger partial charge in [0, 0.05) is 5.56 Å². The van der Waals surface area contributed by atoms with Crippen LogP contribution in [0.2, 0.25) is 0 Å². The van der Waals surface area contributed by atoms with Gasteiger partial charge in [-0.25, -0.2) is 9.97 Å². The van der Waals surface area contributed by atoms with Crippen LogP contribution in [0.4, 0.5) is 0 Å². The van der Waals surface area contributed by atoms with Crippen molar-refractivity contribution in [1.82, 2.24) is 19.7 Å². The zero-order valence-electron chi connectivity index (χ0n) is 14.1. The van der Waals surface area contributed by atoms with Crippen molar-refractivity contribution in [3.05, 3.63) is 63.7 Å². The van der Waals surface area contributed by atoms with Crippen LogP contribution < -0.4 is 5.56 Å². The Balaban J connectivity index is 1.72. The van der Waals surface area contributed by atoms with Gasteiger partial charge in [0.25, 0.3) is 11.3 Å². The lowest BCUT2D eigenvalue weighted by atomic mass is 10.1. The third-order valence-corrected chi connectivity index (χ3v) is 4.15. The molecule has 4 rings (SSSR count). The van der Waals surface area contributed by atoms with Gasteiger partial charge in [-0.3, -0.25) is 9.36 Å². The molecule has 0 saturated carbocycles. The average Bonchev–Trinajstić information content (AvgIpc) is 3.15. The molecule has 3 heterocycles. The summed E-state index contributed by atoms with van der Waals surface area (Å²) < 4.78 is 12.3. The first-order chi connectivity index (χ1) is 12.0. The molecule has 7 nitrogen and oxygen atoms in total. The number of fused-ring (bicyclic) bond motifs is 1. The molecule has 0 atom stereocenters. The highest BCUT2D eigenvalue weighted by atomic mass is 16.5. The molecule has 126 valence electrons. The molecule has 0 aliphatic rings. The van der Waals surface area contributed by atoms with Crippen molar-refractivity contribution in [2.45, 2.75) is 27.3 Å². The molecule has 0 saturated heterocycles. The molecule has 0 N–H and O–H groups in total. The lowest BCUT2D eigenvalue weighted by molar-refractivity contribution is 0.442. The van der Waals surface area contributed by atoms with E-state index in [9.17, 15) is 4.79 Å². The maximum atomic E-state index is 12.6. The Hall–Kier alpha value is -3.22. The molecular weight excluding hydrogens is 320 g/mol. The first-order valence-corrected chi connectivity index (χ1v) is 7.87. The number of aromatic nitrogens is 4. The summed E-state index contributed by atoms with van der Waals surface area (Å²) in [7, 11) is 0. The van der Waals surface area contributed by atoms with E-state index < -0.39 is 0 Å². The Bertz CT molecular complexity index is 1120. The van der Waals surface area contributed by atoms with Gasteiger partial charge in [0.15, 0.2) is 0 Å². The molecule has 0 radical (unpaired) electrons. The average molecular weight is 336 g/mol. The minimum atomic E-state index is -0.206. The first kappa shape index (κ1) is 15.3. The summed E-state index contributed by atoms with van der Waals surface area (Å²) in [4.78, 5) is 21.3. The zero-order chi connectivity index (χ0) is 17.6.